The Morgan fingerprint density at radius 2 is 2.00 bits per heavy atom. The number of nitro benzene ring substituents is 1. The molecule has 0 fully saturated rings. The maximum absolute atomic E-state index is 12.2. The second-order valence-corrected chi connectivity index (χ2v) is 5.04. The van der Waals surface area contributed by atoms with E-state index in [2.05, 4.69) is 5.32 Å². The van der Waals surface area contributed by atoms with Gasteiger partial charge in [-0.25, -0.2) is 0 Å². The number of halogens is 2. The molecule has 1 aromatic carbocycles. The number of amides is 1. The third-order valence-electron chi connectivity index (χ3n) is 2.68. The average Bonchev–Trinajstić information content (AvgIpc) is 2.37. The van der Waals surface area contributed by atoms with Crippen LogP contribution in [0.15, 0.2) is 18.2 Å². The lowest BCUT2D eigenvalue weighted by Gasteiger charge is -2.26. The quantitative estimate of drug-likeness (QED) is 0.516. The molecule has 0 aromatic heterocycles. The number of nitrogens with one attached hydrogen (secondary N) is 1. The highest BCUT2D eigenvalue weighted by Crippen LogP contribution is 2.23. The van der Waals surface area contributed by atoms with Crippen LogP contribution in [0.5, 0.6) is 0 Å². The van der Waals surface area contributed by atoms with Crippen molar-refractivity contribution in [2.45, 2.75) is 19.4 Å². The molecular formula is C12H14Cl2N2O3. The number of aryl methyl sites for hydroxylation is 1. The number of carbonyl (C=O) groups is 1. The van der Waals surface area contributed by atoms with Crippen LogP contribution in [0.3, 0.4) is 0 Å². The minimum Gasteiger partial charge on any atom is -0.344 e. The Morgan fingerprint density at radius 3 is 2.47 bits per heavy atom. The van der Waals surface area contributed by atoms with Gasteiger partial charge in [0, 0.05) is 17.8 Å². The summed E-state index contributed by atoms with van der Waals surface area (Å²) in [6, 6.07) is 4.47. The third kappa shape index (κ3) is 3.58. The van der Waals surface area contributed by atoms with E-state index in [-0.39, 0.29) is 23.0 Å². The van der Waals surface area contributed by atoms with Crippen LogP contribution >= 0.6 is 23.2 Å². The molecule has 0 saturated carbocycles. The Bertz CT molecular complexity index is 502. The smallest absolute Gasteiger partial charge is 0.282 e. The Hall–Kier alpha value is -1.33. The fourth-order valence-corrected chi connectivity index (χ4v) is 1.96. The molecule has 0 heterocycles. The van der Waals surface area contributed by atoms with E-state index in [1.165, 1.54) is 12.1 Å². The molecule has 0 spiro atoms. The van der Waals surface area contributed by atoms with Gasteiger partial charge in [0.05, 0.1) is 10.5 Å². The topological polar surface area (TPSA) is 72.2 Å². The number of hydrogen-bond donors (Lipinski definition) is 1. The summed E-state index contributed by atoms with van der Waals surface area (Å²) in [5.41, 5.74) is -0.479. The van der Waals surface area contributed by atoms with E-state index in [4.69, 9.17) is 23.2 Å². The number of carbonyl (C=O) groups excluding carboxylic acids is 1. The summed E-state index contributed by atoms with van der Waals surface area (Å²) in [5, 5.41) is 13.6. The largest absolute Gasteiger partial charge is 0.344 e. The number of alkyl halides is 2. The van der Waals surface area contributed by atoms with Gasteiger partial charge >= 0.3 is 0 Å². The van der Waals surface area contributed by atoms with Crippen LogP contribution in [0.25, 0.3) is 0 Å². The van der Waals surface area contributed by atoms with Crippen molar-refractivity contribution in [3.05, 3.63) is 39.4 Å². The SMILES string of the molecule is Cc1cccc([N+](=O)[O-])c1C(=O)NC(C)(CCl)CCl. The molecule has 0 aliphatic carbocycles. The van der Waals surface area contributed by atoms with Crippen molar-refractivity contribution < 1.29 is 9.72 Å². The fraction of sp³-hybridized carbons (Fsp3) is 0.417. The first-order valence-electron chi connectivity index (χ1n) is 5.53. The fourth-order valence-electron chi connectivity index (χ4n) is 1.54. The molecule has 0 atom stereocenters. The van der Waals surface area contributed by atoms with E-state index in [0.29, 0.717) is 5.56 Å². The number of nitrogens with zero attached hydrogens (tertiary/aromatic N) is 1. The van der Waals surface area contributed by atoms with Gasteiger partial charge in [-0.1, -0.05) is 12.1 Å². The predicted octanol–water partition coefficient (Wildman–Crippen LogP) is 2.87. The summed E-state index contributed by atoms with van der Waals surface area (Å²) in [4.78, 5) is 22.6. The summed E-state index contributed by atoms with van der Waals surface area (Å²) in [6.45, 7) is 3.32. The first kappa shape index (κ1) is 15.7. The molecule has 0 aliphatic heterocycles. The van der Waals surface area contributed by atoms with E-state index in [1.807, 2.05) is 0 Å². The number of nitro groups is 1. The maximum Gasteiger partial charge on any atom is 0.282 e. The van der Waals surface area contributed by atoms with Gasteiger partial charge in [-0.2, -0.15) is 0 Å². The van der Waals surface area contributed by atoms with Crippen LogP contribution in [0, 0.1) is 17.0 Å². The lowest BCUT2D eigenvalue weighted by atomic mass is 10.0. The number of rotatable bonds is 5. The van der Waals surface area contributed by atoms with Crippen LogP contribution in [0.1, 0.15) is 22.8 Å². The van der Waals surface area contributed by atoms with Gasteiger partial charge in [0.1, 0.15) is 5.56 Å². The lowest BCUT2D eigenvalue weighted by molar-refractivity contribution is -0.385. The van der Waals surface area contributed by atoms with E-state index in [0.717, 1.165) is 0 Å². The van der Waals surface area contributed by atoms with Crippen LogP contribution in [0.2, 0.25) is 0 Å². The monoisotopic (exact) mass is 304 g/mol. The molecule has 7 heteroatoms. The minimum atomic E-state index is -0.809. The van der Waals surface area contributed by atoms with Crippen molar-refractivity contribution in [3.8, 4) is 0 Å². The molecule has 0 saturated heterocycles. The molecule has 5 nitrogen and oxygen atoms in total. The van der Waals surface area contributed by atoms with E-state index >= 15 is 0 Å². The van der Waals surface area contributed by atoms with Gasteiger partial charge in [0.15, 0.2) is 0 Å². The zero-order valence-electron chi connectivity index (χ0n) is 10.6. The van der Waals surface area contributed by atoms with Crippen molar-refractivity contribution in [1.29, 1.82) is 0 Å². The molecular weight excluding hydrogens is 291 g/mol. The Kier molecular flexibility index (Phi) is 5.14. The van der Waals surface area contributed by atoms with Crippen molar-refractivity contribution in [2.24, 2.45) is 0 Å². The molecule has 104 valence electrons. The standard InChI is InChI=1S/C12H14Cl2N2O3/c1-8-4-3-5-9(16(18)19)10(8)11(17)15-12(2,6-13)7-14/h3-5H,6-7H2,1-2H3,(H,15,17). The predicted molar refractivity (Wildman–Crippen MR) is 75.1 cm³/mol. The van der Waals surface area contributed by atoms with Crippen LogP contribution in [-0.2, 0) is 0 Å². The van der Waals surface area contributed by atoms with Crippen LogP contribution in [0.4, 0.5) is 5.69 Å². The number of benzene rings is 1. The minimum absolute atomic E-state index is 0.0361. The third-order valence-corrected chi connectivity index (χ3v) is 3.86. The van der Waals surface area contributed by atoms with Gasteiger partial charge < -0.3 is 5.32 Å². The van der Waals surface area contributed by atoms with Gasteiger partial charge in [-0.3, -0.25) is 14.9 Å². The van der Waals surface area contributed by atoms with Crippen molar-refractivity contribution >= 4 is 34.8 Å². The van der Waals surface area contributed by atoms with Gasteiger partial charge in [0.25, 0.3) is 11.6 Å². The van der Waals surface area contributed by atoms with Crippen molar-refractivity contribution in [3.63, 3.8) is 0 Å². The summed E-state index contributed by atoms with van der Waals surface area (Å²) < 4.78 is 0. The Labute approximate surface area is 121 Å². The Morgan fingerprint density at radius 1 is 1.42 bits per heavy atom. The summed E-state index contributed by atoms with van der Waals surface area (Å²) in [7, 11) is 0. The number of hydrogen-bond acceptors (Lipinski definition) is 3. The second kappa shape index (κ2) is 6.21. The molecule has 1 rings (SSSR count). The first-order chi connectivity index (χ1) is 8.84. The van der Waals surface area contributed by atoms with E-state index in [1.54, 1.807) is 19.9 Å². The van der Waals surface area contributed by atoms with Crippen molar-refractivity contribution in [1.82, 2.24) is 5.32 Å². The lowest BCUT2D eigenvalue weighted by Crippen LogP contribution is -2.49. The summed E-state index contributed by atoms with van der Waals surface area (Å²) in [5.74, 6) is -0.322. The molecule has 0 radical (unpaired) electrons. The highest BCUT2D eigenvalue weighted by atomic mass is 35.5. The normalized spacial score (nSPS) is 11.2. The van der Waals surface area contributed by atoms with Gasteiger partial charge in [-0.05, 0) is 19.4 Å². The molecule has 1 amide bonds. The summed E-state index contributed by atoms with van der Waals surface area (Å²) >= 11 is 11.5. The highest BCUT2D eigenvalue weighted by Gasteiger charge is 2.29. The maximum atomic E-state index is 12.2. The molecule has 0 aliphatic rings. The molecule has 0 bridgehead atoms. The average molecular weight is 305 g/mol. The molecule has 19 heavy (non-hydrogen) atoms. The zero-order valence-corrected chi connectivity index (χ0v) is 12.1. The zero-order chi connectivity index (χ0) is 14.6. The first-order valence-corrected chi connectivity index (χ1v) is 6.60. The van der Waals surface area contributed by atoms with Crippen molar-refractivity contribution in [2.75, 3.05) is 11.8 Å². The van der Waals surface area contributed by atoms with Gasteiger partial charge in [0.2, 0.25) is 0 Å². The van der Waals surface area contributed by atoms with Crippen LogP contribution < -0.4 is 5.32 Å². The summed E-state index contributed by atoms with van der Waals surface area (Å²) in [6.07, 6.45) is 0. The van der Waals surface area contributed by atoms with E-state index < -0.39 is 16.4 Å². The van der Waals surface area contributed by atoms with E-state index in [9.17, 15) is 14.9 Å². The molecule has 1 aromatic rings. The highest BCUT2D eigenvalue weighted by molar-refractivity contribution is 6.22. The second-order valence-electron chi connectivity index (χ2n) is 4.51. The van der Waals surface area contributed by atoms with Crippen LogP contribution in [-0.4, -0.2) is 28.1 Å². The van der Waals surface area contributed by atoms with Gasteiger partial charge in [-0.15, -0.1) is 23.2 Å². The molecule has 1 N–H and O–H groups in total. The Balaban J connectivity index is 3.16. The molecule has 0 unspecified atom stereocenters.